The summed E-state index contributed by atoms with van der Waals surface area (Å²) in [5.41, 5.74) is -0.248. The van der Waals surface area contributed by atoms with Gasteiger partial charge < -0.3 is 5.11 Å². The van der Waals surface area contributed by atoms with Gasteiger partial charge in [-0.25, -0.2) is 9.69 Å². The lowest BCUT2D eigenvalue weighted by molar-refractivity contribution is -0.124. The van der Waals surface area contributed by atoms with E-state index in [1.165, 1.54) is 18.2 Å². The third-order valence-electron chi connectivity index (χ3n) is 3.06. The van der Waals surface area contributed by atoms with Crippen molar-refractivity contribution in [3.05, 3.63) is 28.2 Å². The maximum absolute atomic E-state index is 12.2. The molecule has 2 rings (SSSR count). The maximum atomic E-state index is 12.2. The van der Waals surface area contributed by atoms with Gasteiger partial charge in [-0.05, 0) is 34.1 Å². The standard InChI is InChI=1S/C13H12BrNO4/c1-13(2)6-10(16)15(12(13)19)9-4-3-7(11(17)18)5-8(9)14/h3-5H,6H2,1-2H3,(H,17,18). The molecule has 1 aromatic carbocycles. The third-order valence-corrected chi connectivity index (χ3v) is 3.70. The van der Waals surface area contributed by atoms with Crippen molar-refractivity contribution in [1.29, 1.82) is 0 Å². The lowest BCUT2D eigenvalue weighted by atomic mass is 9.92. The fraction of sp³-hybridized carbons (Fsp3) is 0.308. The summed E-state index contributed by atoms with van der Waals surface area (Å²) in [6.45, 7) is 3.43. The van der Waals surface area contributed by atoms with Crippen molar-refractivity contribution in [2.24, 2.45) is 5.41 Å². The molecule has 1 saturated heterocycles. The Morgan fingerprint density at radius 1 is 1.37 bits per heavy atom. The molecule has 2 amide bonds. The van der Waals surface area contributed by atoms with E-state index in [0.717, 1.165) is 4.90 Å². The summed E-state index contributed by atoms with van der Waals surface area (Å²) in [5, 5.41) is 8.88. The topological polar surface area (TPSA) is 74.7 Å². The average Bonchev–Trinajstić information content (AvgIpc) is 2.49. The minimum Gasteiger partial charge on any atom is -0.478 e. The number of carboxylic acid groups (broad SMARTS) is 1. The van der Waals surface area contributed by atoms with Gasteiger partial charge in [0, 0.05) is 10.9 Å². The molecule has 1 aromatic rings. The first-order valence-electron chi connectivity index (χ1n) is 5.64. The van der Waals surface area contributed by atoms with E-state index in [-0.39, 0.29) is 23.8 Å². The molecule has 1 aliphatic heterocycles. The molecule has 1 N–H and O–H groups in total. The highest BCUT2D eigenvalue weighted by molar-refractivity contribution is 9.10. The van der Waals surface area contributed by atoms with Crippen molar-refractivity contribution in [1.82, 2.24) is 0 Å². The van der Waals surface area contributed by atoms with Crippen LogP contribution in [-0.4, -0.2) is 22.9 Å². The van der Waals surface area contributed by atoms with E-state index >= 15 is 0 Å². The zero-order chi connectivity index (χ0) is 14.4. The summed E-state index contributed by atoms with van der Waals surface area (Å²) >= 11 is 3.21. The number of benzene rings is 1. The van der Waals surface area contributed by atoms with Crippen molar-refractivity contribution in [2.75, 3.05) is 4.90 Å². The minimum absolute atomic E-state index is 0.0916. The van der Waals surface area contributed by atoms with Gasteiger partial charge in [0.2, 0.25) is 11.8 Å². The van der Waals surface area contributed by atoms with Crippen molar-refractivity contribution >= 4 is 39.4 Å². The number of hydrogen-bond donors (Lipinski definition) is 1. The van der Waals surface area contributed by atoms with Gasteiger partial charge in [0.05, 0.1) is 16.7 Å². The van der Waals surface area contributed by atoms with Crippen LogP contribution in [0.2, 0.25) is 0 Å². The third kappa shape index (κ3) is 2.28. The number of nitrogens with zero attached hydrogens (tertiary/aromatic N) is 1. The number of carbonyl (C=O) groups is 3. The van der Waals surface area contributed by atoms with Crippen LogP contribution >= 0.6 is 15.9 Å². The fourth-order valence-corrected chi connectivity index (χ4v) is 2.57. The maximum Gasteiger partial charge on any atom is 0.335 e. The number of anilines is 1. The SMILES string of the molecule is CC1(C)CC(=O)N(c2ccc(C(=O)O)cc2Br)C1=O. The molecule has 0 unspecified atom stereocenters. The van der Waals surface area contributed by atoms with E-state index in [4.69, 9.17) is 5.11 Å². The van der Waals surface area contributed by atoms with Crippen LogP contribution < -0.4 is 4.90 Å². The van der Waals surface area contributed by atoms with Gasteiger partial charge in [-0.3, -0.25) is 9.59 Å². The van der Waals surface area contributed by atoms with Crippen LogP contribution in [0.15, 0.2) is 22.7 Å². The predicted molar refractivity (Wildman–Crippen MR) is 72.0 cm³/mol. The van der Waals surface area contributed by atoms with Gasteiger partial charge >= 0.3 is 5.97 Å². The summed E-state index contributed by atoms with van der Waals surface area (Å²) in [7, 11) is 0. The molecule has 100 valence electrons. The van der Waals surface area contributed by atoms with Crippen LogP contribution in [0.25, 0.3) is 0 Å². The van der Waals surface area contributed by atoms with Crippen LogP contribution in [0.3, 0.4) is 0 Å². The Morgan fingerprint density at radius 2 is 2.00 bits per heavy atom. The van der Waals surface area contributed by atoms with Crippen LogP contribution in [0, 0.1) is 5.41 Å². The smallest absolute Gasteiger partial charge is 0.335 e. The lowest BCUT2D eigenvalue weighted by Crippen LogP contribution is -2.33. The van der Waals surface area contributed by atoms with Crippen LogP contribution in [0.1, 0.15) is 30.6 Å². The van der Waals surface area contributed by atoms with E-state index < -0.39 is 11.4 Å². The Morgan fingerprint density at radius 3 is 2.42 bits per heavy atom. The minimum atomic E-state index is -1.06. The van der Waals surface area contributed by atoms with Crippen molar-refractivity contribution < 1.29 is 19.5 Å². The largest absolute Gasteiger partial charge is 0.478 e. The van der Waals surface area contributed by atoms with E-state index in [2.05, 4.69) is 15.9 Å². The lowest BCUT2D eigenvalue weighted by Gasteiger charge is -2.19. The van der Waals surface area contributed by atoms with Gasteiger partial charge in [-0.1, -0.05) is 13.8 Å². The molecule has 0 spiro atoms. The number of hydrogen-bond acceptors (Lipinski definition) is 3. The molecular formula is C13H12BrNO4. The highest BCUT2D eigenvalue weighted by Gasteiger charge is 2.46. The van der Waals surface area contributed by atoms with Gasteiger partial charge in [0.15, 0.2) is 0 Å². The Kier molecular flexibility index (Phi) is 3.22. The Balaban J connectivity index is 2.46. The molecule has 0 bridgehead atoms. The van der Waals surface area contributed by atoms with Crippen molar-refractivity contribution in [2.45, 2.75) is 20.3 Å². The first kappa shape index (κ1) is 13.7. The number of amides is 2. The van der Waals surface area contributed by atoms with E-state index in [9.17, 15) is 14.4 Å². The molecule has 19 heavy (non-hydrogen) atoms. The average molecular weight is 326 g/mol. The van der Waals surface area contributed by atoms with Crippen molar-refractivity contribution in [3.63, 3.8) is 0 Å². The van der Waals surface area contributed by atoms with Crippen LogP contribution in [0.5, 0.6) is 0 Å². The summed E-state index contributed by atoms with van der Waals surface area (Å²) in [5.74, 6) is -1.62. The predicted octanol–water partition coefficient (Wildman–Crippen LogP) is 2.44. The quantitative estimate of drug-likeness (QED) is 0.847. The number of aromatic carboxylic acids is 1. The molecule has 6 heteroatoms. The van der Waals surface area contributed by atoms with Gasteiger partial charge in [0.25, 0.3) is 0 Å². The fourth-order valence-electron chi connectivity index (χ4n) is 2.01. The monoisotopic (exact) mass is 325 g/mol. The first-order chi connectivity index (χ1) is 8.74. The second kappa shape index (κ2) is 4.45. The number of halogens is 1. The highest BCUT2D eigenvalue weighted by atomic mass is 79.9. The summed E-state index contributed by atoms with van der Waals surface area (Å²) in [6, 6.07) is 4.21. The Labute approximate surface area is 118 Å². The zero-order valence-electron chi connectivity index (χ0n) is 10.4. The molecule has 5 nitrogen and oxygen atoms in total. The molecular weight excluding hydrogens is 314 g/mol. The summed E-state index contributed by atoms with van der Waals surface area (Å²) in [4.78, 5) is 36.1. The van der Waals surface area contributed by atoms with Gasteiger partial charge in [-0.15, -0.1) is 0 Å². The second-order valence-corrected chi connectivity index (χ2v) is 5.92. The van der Waals surface area contributed by atoms with Crippen LogP contribution in [-0.2, 0) is 9.59 Å². The number of imide groups is 1. The highest BCUT2D eigenvalue weighted by Crippen LogP contribution is 2.38. The normalized spacial score (nSPS) is 17.9. The van der Waals surface area contributed by atoms with E-state index in [1.54, 1.807) is 13.8 Å². The molecule has 0 aromatic heterocycles. The molecule has 0 aliphatic carbocycles. The summed E-state index contributed by atoms with van der Waals surface area (Å²) in [6.07, 6.45) is 0.152. The molecule has 1 fully saturated rings. The Bertz CT molecular complexity index is 594. The van der Waals surface area contributed by atoms with Gasteiger partial charge in [0.1, 0.15) is 0 Å². The van der Waals surface area contributed by atoms with E-state index in [1.807, 2.05) is 0 Å². The van der Waals surface area contributed by atoms with Crippen molar-refractivity contribution in [3.8, 4) is 0 Å². The number of rotatable bonds is 2. The number of carboxylic acids is 1. The molecule has 0 saturated carbocycles. The Hall–Kier alpha value is -1.69. The molecule has 1 aliphatic rings. The molecule has 0 radical (unpaired) electrons. The van der Waals surface area contributed by atoms with Gasteiger partial charge in [-0.2, -0.15) is 0 Å². The summed E-state index contributed by atoms with van der Waals surface area (Å²) < 4.78 is 0.409. The second-order valence-electron chi connectivity index (χ2n) is 5.07. The number of carbonyl (C=O) groups excluding carboxylic acids is 2. The van der Waals surface area contributed by atoms with Crippen LogP contribution in [0.4, 0.5) is 5.69 Å². The first-order valence-corrected chi connectivity index (χ1v) is 6.43. The zero-order valence-corrected chi connectivity index (χ0v) is 12.0. The molecule has 1 heterocycles. The molecule has 0 atom stereocenters. The van der Waals surface area contributed by atoms with E-state index in [0.29, 0.717) is 10.2 Å².